The van der Waals surface area contributed by atoms with Gasteiger partial charge in [-0.3, -0.25) is 0 Å². The third-order valence-electron chi connectivity index (χ3n) is 5.50. The summed E-state index contributed by atoms with van der Waals surface area (Å²) in [5, 5.41) is 5.70. The highest BCUT2D eigenvalue weighted by atomic mass is 14.4. The van der Waals surface area contributed by atoms with Crippen LogP contribution in [0.5, 0.6) is 0 Å². The van der Waals surface area contributed by atoms with Crippen LogP contribution in [0.15, 0.2) is 48.5 Å². The molecule has 0 heterocycles. The Kier molecular flexibility index (Phi) is 2.32. The third kappa shape index (κ3) is 1.68. The van der Waals surface area contributed by atoms with Gasteiger partial charge in [0, 0.05) is 0 Å². The molecule has 4 atom stereocenters. The van der Waals surface area contributed by atoms with Gasteiger partial charge in [0.15, 0.2) is 0 Å². The molecule has 2 aromatic rings. The van der Waals surface area contributed by atoms with Crippen LogP contribution in [0.1, 0.15) is 6.42 Å². The lowest BCUT2D eigenvalue weighted by atomic mass is 9.81. The van der Waals surface area contributed by atoms with Crippen LogP contribution in [0.25, 0.3) is 24.3 Å². The van der Waals surface area contributed by atoms with E-state index in [4.69, 9.17) is 0 Å². The van der Waals surface area contributed by atoms with E-state index in [1.165, 1.54) is 27.3 Å². The summed E-state index contributed by atoms with van der Waals surface area (Å²) in [5.74, 6) is 2.76. The summed E-state index contributed by atoms with van der Waals surface area (Å²) in [6.07, 6.45) is 11.4. The second-order valence-corrected chi connectivity index (χ2v) is 6.64. The summed E-state index contributed by atoms with van der Waals surface area (Å²) >= 11 is 0. The Hall–Kier alpha value is -2.08. The van der Waals surface area contributed by atoms with Gasteiger partial charge in [0.25, 0.3) is 0 Å². The second kappa shape index (κ2) is 4.21. The Labute approximate surface area is 124 Å². The number of hydrogen-bond acceptors (Lipinski definition) is 0. The van der Waals surface area contributed by atoms with Crippen molar-refractivity contribution >= 4 is 24.3 Å². The average molecular weight is 270 g/mol. The van der Waals surface area contributed by atoms with E-state index < -0.39 is 0 Å². The van der Waals surface area contributed by atoms with Crippen LogP contribution in [0, 0.1) is 23.7 Å². The molecule has 4 unspecified atom stereocenters. The smallest absolute Gasteiger partial charge is 0.00918 e. The predicted octanol–water partition coefficient (Wildman–Crippen LogP) is 1.40. The van der Waals surface area contributed by atoms with Crippen LogP contribution in [-0.2, 0) is 0 Å². The summed E-state index contributed by atoms with van der Waals surface area (Å²) in [6, 6.07) is 17.6. The molecule has 0 amide bonds. The molecule has 0 radical (unpaired) electrons. The molecule has 2 aromatic carbocycles. The topological polar surface area (TPSA) is 0 Å². The molecule has 1 saturated carbocycles. The Morgan fingerprint density at radius 2 is 0.905 bits per heavy atom. The number of rotatable bonds is 0. The zero-order valence-corrected chi connectivity index (χ0v) is 11.9. The fourth-order valence-corrected chi connectivity index (χ4v) is 4.53. The zero-order chi connectivity index (χ0) is 13.8. The molecular formula is C21H18. The Balaban J connectivity index is 1.69. The highest BCUT2D eigenvalue weighted by molar-refractivity contribution is 5.54. The monoisotopic (exact) mass is 270 g/mol. The van der Waals surface area contributed by atoms with E-state index in [1.807, 2.05) is 0 Å². The van der Waals surface area contributed by atoms with E-state index in [9.17, 15) is 0 Å². The van der Waals surface area contributed by atoms with Crippen molar-refractivity contribution in [1.82, 2.24) is 0 Å². The first-order valence-corrected chi connectivity index (χ1v) is 7.96. The van der Waals surface area contributed by atoms with Crippen molar-refractivity contribution in [3.8, 4) is 0 Å². The molecule has 0 saturated heterocycles. The molecule has 0 aromatic heterocycles. The maximum Gasteiger partial charge on any atom is -0.00918 e. The molecule has 0 spiro atoms. The van der Waals surface area contributed by atoms with Crippen LogP contribution in [0.4, 0.5) is 0 Å². The number of benzene rings is 2. The number of fused-ring (bicyclic) bond motifs is 5. The Morgan fingerprint density at radius 1 is 0.524 bits per heavy atom. The first-order chi connectivity index (χ1) is 10.4. The van der Waals surface area contributed by atoms with E-state index in [-0.39, 0.29) is 0 Å². The van der Waals surface area contributed by atoms with E-state index in [1.54, 1.807) is 0 Å². The van der Waals surface area contributed by atoms with Gasteiger partial charge < -0.3 is 0 Å². The van der Waals surface area contributed by atoms with Crippen molar-refractivity contribution in [2.24, 2.45) is 23.7 Å². The fraction of sp³-hybridized carbons (Fsp3) is 0.238. The van der Waals surface area contributed by atoms with Crippen LogP contribution in [0.3, 0.4) is 0 Å². The van der Waals surface area contributed by atoms with Crippen molar-refractivity contribution < 1.29 is 0 Å². The van der Waals surface area contributed by atoms with Gasteiger partial charge in [-0.2, -0.15) is 0 Å². The van der Waals surface area contributed by atoms with Gasteiger partial charge in [-0.25, -0.2) is 0 Å². The molecule has 3 aliphatic rings. The lowest BCUT2D eigenvalue weighted by Gasteiger charge is -2.23. The van der Waals surface area contributed by atoms with E-state index in [0.717, 1.165) is 0 Å². The van der Waals surface area contributed by atoms with E-state index in [2.05, 4.69) is 72.8 Å². The Morgan fingerprint density at radius 3 is 1.33 bits per heavy atom. The molecule has 102 valence electrons. The molecule has 0 nitrogen and oxygen atoms in total. The quantitative estimate of drug-likeness (QED) is 0.679. The van der Waals surface area contributed by atoms with Crippen molar-refractivity contribution in [3.63, 3.8) is 0 Å². The molecule has 0 bridgehead atoms. The van der Waals surface area contributed by atoms with Crippen LogP contribution >= 0.6 is 0 Å². The Bertz CT molecular complexity index is 869. The maximum atomic E-state index is 2.53. The minimum atomic E-state index is 0.675. The molecule has 3 aliphatic carbocycles. The molecule has 0 N–H and O–H groups in total. The number of hydrogen-bond donors (Lipinski definition) is 0. The van der Waals surface area contributed by atoms with Gasteiger partial charge in [0.1, 0.15) is 0 Å². The molecule has 1 fully saturated rings. The summed E-state index contributed by atoms with van der Waals surface area (Å²) in [5.41, 5.74) is 0. The summed E-state index contributed by atoms with van der Waals surface area (Å²) in [7, 11) is 0. The van der Waals surface area contributed by atoms with Gasteiger partial charge in [0.2, 0.25) is 0 Å². The molecular weight excluding hydrogens is 252 g/mol. The molecule has 21 heavy (non-hydrogen) atoms. The van der Waals surface area contributed by atoms with Crippen LogP contribution < -0.4 is 20.9 Å². The highest BCUT2D eigenvalue weighted by Gasteiger charge is 2.40. The lowest BCUT2D eigenvalue weighted by Crippen LogP contribution is -2.35. The fourth-order valence-electron chi connectivity index (χ4n) is 4.53. The van der Waals surface area contributed by atoms with Crippen molar-refractivity contribution in [3.05, 3.63) is 69.4 Å². The highest BCUT2D eigenvalue weighted by Crippen LogP contribution is 2.46. The van der Waals surface area contributed by atoms with Crippen molar-refractivity contribution in [1.29, 1.82) is 0 Å². The molecule has 0 heteroatoms. The van der Waals surface area contributed by atoms with Gasteiger partial charge in [0.05, 0.1) is 0 Å². The minimum absolute atomic E-state index is 0.675. The van der Waals surface area contributed by atoms with Gasteiger partial charge in [-0.1, -0.05) is 72.8 Å². The van der Waals surface area contributed by atoms with Crippen LogP contribution in [0.2, 0.25) is 0 Å². The van der Waals surface area contributed by atoms with Crippen molar-refractivity contribution in [2.45, 2.75) is 6.42 Å². The minimum Gasteiger partial charge on any atom is -0.0729 e. The maximum absolute atomic E-state index is 2.53. The summed E-state index contributed by atoms with van der Waals surface area (Å²) in [6.45, 7) is 0. The summed E-state index contributed by atoms with van der Waals surface area (Å²) in [4.78, 5) is 0. The predicted molar refractivity (Wildman–Crippen MR) is 87.8 cm³/mol. The van der Waals surface area contributed by atoms with Crippen molar-refractivity contribution in [2.75, 3.05) is 0 Å². The normalized spacial score (nSPS) is 31.2. The SMILES string of the molecule is C1=c2ccccc2=CC2C1CC1C=c3ccccc3=CC12. The zero-order valence-electron chi connectivity index (χ0n) is 11.9. The first kappa shape index (κ1) is 11.6. The average Bonchev–Trinajstić information content (AvgIpc) is 2.87. The first-order valence-electron chi connectivity index (χ1n) is 7.96. The second-order valence-electron chi connectivity index (χ2n) is 6.64. The third-order valence-corrected chi connectivity index (χ3v) is 5.50. The van der Waals surface area contributed by atoms with Gasteiger partial charge in [-0.05, 0) is 51.0 Å². The van der Waals surface area contributed by atoms with E-state index in [0.29, 0.717) is 23.7 Å². The largest absolute Gasteiger partial charge is 0.0729 e. The van der Waals surface area contributed by atoms with Gasteiger partial charge >= 0.3 is 0 Å². The standard InChI is InChI=1S/C21H18/c1-3-7-16-12-20-18(9-14(16)5-1)11-19-10-15-6-2-4-8-17(15)13-21(19)20/h1-10,12-13,18-21H,11H2. The van der Waals surface area contributed by atoms with Crippen LogP contribution in [-0.4, -0.2) is 0 Å². The molecule has 5 rings (SSSR count). The van der Waals surface area contributed by atoms with Gasteiger partial charge in [-0.15, -0.1) is 0 Å². The molecule has 0 aliphatic heterocycles. The lowest BCUT2D eigenvalue weighted by molar-refractivity contribution is 0.527. The summed E-state index contributed by atoms with van der Waals surface area (Å²) < 4.78 is 0. The van der Waals surface area contributed by atoms with E-state index >= 15 is 0 Å².